The van der Waals surface area contributed by atoms with Crippen molar-refractivity contribution in [3.05, 3.63) is 53.6 Å². The zero-order chi connectivity index (χ0) is 23.6. The molecule has 2 saturated heterocycles. The quantitative estimate of drug-likeness (QED) is 0.672. The van der Waals surface area contributed by atoms with Crippen molar-refractivity contribution < 1.29 is 13.2 Å². The largest absolute Gasteiger partial charge is 0.371 e. The third-order valence-electron chi connectivity index (χ3n) is 6.61. The van der Waals surface area contributed by atoms with Gasteiger partial charge in [-0.05, 0) is 62.1 Å². The minimum Gasteiger partial charge on any atom is -0.371 e. The van der Waals surface area contributed by atoms with Crippen LogP contribution >= 0.6 is 0 Å². The molecule has 0 aliphatic carbocycles. The lowest BCUT2D eigenvalue weighted by Gasteiger charge is -2.37. The van der Waals surface area contributed by atoms with Gasteiger partial charge in [-0.2, -0.15) is 0 Å². The molecule has 0 saturated carbocycles. The molecule has 0 N–H and O–H groups in total. The van der Waals surface area contributed by atoms with Gasteiger partial charge >= 0.3 is 0 Å². The molecule has 2 aromatic rings. The van der Waals surface area contributed by atoms with Gasteiger partial charge in [0.05, 0.1) is 10.5 Å². The van der Waals surface area contributed by atoms with Crippen LogP contribution in [0.1, 0.15) is 35.2 Å². The first-order valence-corrected chi connectivity index (χ1v) is 13.1. The number of aryl methyl sites for hydroxylation is 1. The van der Waals surface area contributed by atoms with E-state index in [1.165, 1.54) is 36.1 Å². The molecule has 33 heavy (non-hydrogen) atoms. The summed E-state index contributed by atoms with van der Waals surface area (Å²) in [5, 5.41) is 0. The number of hydrogen-bond donors (Lipinski definition) is 0. The highest BCUT2D eigenvalue weighted by Crippen LogP contribution is 2.29. The summed E-state index contributed by atoms with van der Waals surface area (Å²) in [5.74, 6) is -0.0877. The first kappa shape index (κ1) is 23.6. The van der Waals surface area contributed by atoms with E-state index in [-0.39, 0.29) is 10.8 Å². The summed E-state index contributed by atoms with van der Waals surface area (Å²) in [6.45, 7) is 6.59. The Balaban J connectivity index is 1.60. The van der Waals surface area contributed by atoms with E-state index < -0.39 is 10.0 Å². The summed E-state index contributed by atoms with van der Waals surface area (Å²) in [4.78, 5) is 20.2. The van der Waals surface area contributed by atoms with Crippen LogP contribution in [0.15, 0.2) is 47.4 Å². The molecule has 2 aliphatic heterocycles. The lowest BCUT2D eigenvalue weighted by atomic mass is 10.1. The maximum absolute atomic E-state index is 13.7. The molecule has 4 rings (SSSR count). The van der Waals surface area contributed by atoms with Crippen molar-refractivity contribution >= 4 is 27.3 Å². The van der Waals surface area contributed by atoms with E-state index in [1.807, 2.05) is 11.0 Å². The van der Waals surface area contributed by atoms with Gasteiger partial charge in [0.15, 0.2) is 0 Å². The molecule has 0 aromatic heterocycles. The second-order valence-corrected chi connectivity index (χ2v) is 11.3. The van der Waals surface area contributed by atoms with Crippen molar-refractivity contribution in [2.24, 2.45) is 0 Å². The van der Waals surface area contributed by atoms with Gasteiger partial charge in [0.2, 0.25) is 10.0 Å². The molecular weight excluding hydrogens is 436 g/mol. The lowest BCUT2D eigenvalue weighted by Crippen LogP contribution is -2.49. The van der Waals surface area contributed by atoms with Gasteiger partial charge < -0.3 is 14.7 Å². The molecule has 0 bridgehead atoms. The monoisotopic (exact) mass is 470 g/mol. The summed E-state index contributed by atoms with van der Waals surface area (Å²) < 4.78 is 26.7. The van der Waals surface area contributed by atoms with E-state index in [9.17, 15) is 13.2 Å². The number of piperazine rings is 1. The summed E-state index contributed by atoms with van der Waals surface area (Å²) in [6, 6.07) is 13.4. The number of sulfonamides is 1. The van der Waals surface area contributed by atoms with Crippen LogP contribution in [0.5, 0.6) is 0 Å². The SMILES string of the molecule is Cc1cccc(N2CCN(C(=O)c3cc(S(=O)(=O)N(C)C)ccc3N3CCCCC3)CC2)c1. The number of carbonyl (C=O) groups is 1. The third kappa shape index (κ3) is 5.01. The number of hydrogen-bond acceptors (Lipinski definition) is 5. The summed E-state index contributed by atoms with van der Waals surface area (Å²) >= 11 is 0. The second kappa shape index (κ2) is 9.73. The van der Waals surface area contributed by atoms with Crippen LogP contribution in [-0.4, -0.2) is 76.9 Å². The Hall–Kier alpha value is -2.58. The van der Waals surface area contributed by atoms with Gasteiger partial charge in [0.1, 0.15) is 0 Å². The first-order valence-electron chi connectivity index (χ1n) is 11.7. The summed E-state index contributed by atoms with van der Waals surface area (Å²) in [7, 11) is -0.597. The first-order chi connectivity index (χ1) is 15.8. The van der Waals surface area contributed by atoms with Crippen LogP contribution in [0.4, 0.5) is 11.4 Å². The standard InChI is InChI=1S/C25H34N4O3S/c1-20-8-7-9-21(18-20)27-14-16-29(17-15-27)25(30)23-19-22(33(31,32)26(2)3)10-11-24(23)28-12-5-4-6-13-28/h7-11,18-19H,4-6,12-17H2,1-3H3. The molecule has 7 nitrogen and oxygen atoms in total. The number of carbonyl (C=O) groups excluding carboxylic acids is 1. The Morgan fingerprint density at radius 3 is 2.18 bits per heavy atom. The second-order valence-electron chi connectivity index (χ2n) is 9.13. The van der Waals surface area contributed by atoms with E-state index in [4.69, 9.17) is 0 Å². The summed E-state index contributed by atoms with van der Waals surface area (Å²) in [6.07, 6.45) is 3.36. The van der Waals surface area contributed by atoms with Crippen molar-refractivity contribution in [2.45, 2.75) is 31.1 Å². The Kier molecular flexibility index (Phi) is 6.95. The van der Waals surface area contributed by atoms with Crippen molar-refractivity contribution in [1.29, 1.82) is 0 Å². The molecular formula is C25H34N4O3S. The maximum atomic E-state index is 13.7. The Labute approximate surface area is 197 Å². The lowest BCUT2D eigenvalue weighted by molar-refractivity contribution is 0.0747. The predicted molar refractivity (Wildman–Crippen MR) is 133 cm³/mol. The molecule has 2 aliphatic rings. The molecule has 0 atom stereocenters. The number of nitrogens with zero attached hydrogens (tertiary/aromatic N) is 4. The molecule has 0 unspecified atom stereocenters. The minimum atomic E-state index is -3.62. The van der Waals surface area contributed by atoms with Crippen LogP contribution in [-0.2, 0) is 10.0 Å². The van der Waals surface area contributed by atoms with E-state index >= 15 is 0 Å². The minimum absolute atomic E-state index is 0.0877. The number of anilines is 2. The highest BCUT2D eigenvalue weighted by molar-refractivity contribution is 7.89. The van der Waals surface area contributed by atoms with E-state index in [0.717, 1.165) is 44.7 Å². The van der Waals surface area contributed by atoms with Crippen LogP contribution in [0.2, 0.25) is 0 Å². The van der Waals surface area contributed by atoms with E-state index in [0.29, 0.717) is 18.7 Å². The van der Waals surface area contributed by atoms with Crippen molar-refractivity contribution in [3.63, 3.8) is 0 Å². The number of amides is 1. The van der Waals surface area contributed by atoms with Gasteiger partial charge in [-0.25, -0.2) is 12.7 Å². The molecule has 178 valence electrons. The van der Waals surface area contributed by atoms with Gasteiger partial charge in [0, 0.05) is 64.7 Å². The van der Waals surface area contributed by atoms with Gasteiger partial charge in [-0.1, -0.05) is 12.1 Å². The Morgan fingerprint density at radius 1 is 0.848 bits per heavy atom. The zero-order valence-corrected chi connectivity index (χ0v) is 20.6. The molecule has 2 aromatic carbocycles. The summed E-state index contributed by atoms with van der Waals surface area (Å²) in [5.41, 5.74) is 3.73. The normalized spacial score (nSPS) is 17.5. The van der Waals surface area contributed by atoms with Crippen molar-refractivity contribution in [2.75, 3.05) is 63.2 Å². The molecule has 2 heterocycles. The smallest absolute Gasteiger partial charge is 0.256 e. The van der Waals surface area contributed by atoms with Crippen molar-refractivity contribution in [3.8, 4) is 0 Å². The molecule has 0 spiro atoms. The van der Waals surface area contributed by atoms with Gasteiger partial charge in [-0.3, -0.25) is 4.79 Å². The average Bonchev–Trinajstić information content (AvgIpc) is 2.84. The highest BCUT2D eigenvalue weighted by Gasteiger charge is 2.28. The van der Waals surface area contributed by atoms with Crippen molar-refractivity contribution in [1.82, 2.24) is 9.21 Å². The zero-order valence-electron chi connectivity index (χ0n) is 19.8. The molecule has 2 fully saturated rings. The van der Waals surface area contributed by atoms with Crippen LogP contribution in [0.25, 0.3) is 0 Å². The fraction of sp³-hybridized carbons (Fsp3) is 0.480. The fourth-order valence-corrected chi connectivity index (χ4v) is 5.56. The molecule has 0 radical (unpaired) electrons. The topological polar surface area (TPSA) is 64.2 Å². The maximum Gasteiger partial charge on any atom is 0.256 e. The van der Waals surface area contributed by atoms with E-state index in [2.05, 4.69) is 41.0 Å². The van der Waals surface area contributed by atoms with E-state index in [1.54, 1.807) is 12.1 Å². The van der Waals surface area contributed by atoms with Gasteiger partial charge in [-0.15, -0.1) is 0 Å². The third-order valence-corrected chi connectivity index (χ3v) is 8.42. The molecule has 1 amide bonds. The highest BCUT2D eigenvalue weighted by atomic mass is 32.2. The van der Waals surface area contributed by atoms with Crippen LogP contribution in [0.3, 0.4) is 0 Å². The average molecular weight is 471 g/mol. The number of rotatable bonds is 5. The number of piperidine rings is 1. The van der Waals surface area contributed by atoms with Crippen LogP contribution < -0.4 is 9.80 Å². The van der Waals surface area contributed by atoms with Gasteiger partial charge in [0.25, 0.3) is 5.91 Å². The Bertz CT molecular complexity index is 1100. The number of benzene rings is 2. The fourth-order valence-electron chi connectivity index (χ4n) is 4.63. The van der Waals surface area contributed by atoms with Crippen LogP contribution in [0, 0.1) is 6.92 Å². The Morgan fingerprint density at radius 2 is 1.55 bits per heavy atom. The molecule has 8 heteroatoms. The predicted octanol–water partition coefficient (Wildman–Crippen LogP) is 3.20.